The van der Waals surface area contributed by atoms with Crippen LogP contribution in [0.3, 0.4) is 0 Å². The van der Waals surface area contributed by atoms with Gasteiger partial charge in [0.25, 0.3) is 0 Å². The number of hydrogen-bond donors (Lipinski definition) is 0. The molecule has 1 aliphatic rings. The molecule has 1 aromatic carbocycles. The lowest BCUT2D eigenvalue weighted by Gasteiger charge is -2.28. The number of aryl methyl sites for hydroxylation is 1. The van der Waals surface area contributed by atoms with E-state index in [0.717, 1.165) is 12.0 Å². The van der Waals surface area contributed by atoms with Crippen LogP contribution in [-0.2, 0) is 21.2 Å². The minimum Gasteiger partial charge on any atom is -0.363 e. The molecule has 18 heavy (non-hydrogen) atoms. The quantitative estimate of drug-likeness (QED) is 0.843. The molecule has 1 saturated heterocycles. The Kier molecular flexibility index (Phi) is 3.49. The Hall–Kier alpha value is -0.910. The third kappa shape index (κ3) is 2.30. The van der Waals surface area contributed by atoms with Gasteiger partial charge in [-0.2, -0.15) is 4.31 Å². The molecule has 5 heteroatoms. The molecule has 1 aromatic rings. The highest BCUT2D eigenvalue weighted by atomic mass is 32.2. The fourth-order valence-electron chi connectivity index (χ4n) is 2.04. The van der Waals surface area contributed by atoms with Gasteiger partial charge in [0.15, 0.2) is 0 Å². The van der Waals surface area contributed by atoms with Gasteiger partial charge in [-0.1, -0.05) is 19.1 Å². The molecule has 0 radical (unpaired) electrons. The van der Waals surface area contributed by atoms with Gasteiger partial charge in [-0.25, -0.2) is 8.42 Å². The zero-order valence-corrected chi connectivity index (χ0v) is 11.8. The first-order valence-electron chi connectivity index (χ1n) is 6.07. The van der Waals surface area contributed by atoms with E-state index >= 15 is 0 Å². The first-order valence-corrected chi connectivity index (χ1v) is 7.51. The summed E-state index contributed by atoms with van der Waals surface area (Å²) in [5, 5.41) is 0. The maximum Gasteiger partial charge on any atom is 0.245 e. The zero-order chi connectivity index (χ0) is 13.4. The molecule has 1 heterocycles. The SMILES string of the molecule is CCc1ccc(S(=O)(=O)N2COCC2(C)C)cc1. The number of sulfonamides is 1. The average Bonchev–Trinajstić information content (AvgIpc) is 2.69. The molecule has 1 fully saturated rings. The number of rotatable bonds is 3. The van der Waals surface area contributed by atoms with E-state index in [1.807, 2.05) is 32.9 Å². The van der Waals surface area contributed by atoms with Gasteiger partial charge in [-0.15, -0.1) is 0 Å². The molecule has 0 unspecified atom stereocenters. The van der Waals surface area contributed by atoms with Crippen molar-refractivity contribution in [3.05, 3.63) is 29.8 Å². The Morgan fingerprint density at radius 3 is 2.33 bits per heavy atom. The Morgan fingerprint density at radius 2 is 1.89 bits per heavy atom. The molecule has 0 aliphatic carbocycles. The molecule has 100 valence electrons. The van der Waals surface area contributed by atoms with Gasteiger partial charge in [0, 0.05) is 0 Å². The second-order valence-electron chi connectivity index (χ2n) is 5.14. The molecule has 0 aromatic heterocycles. The Bertz CT molecular complexity index is 520. The molecule has 0 saturated carbocycles. The van der Waals surface area contributed by atoms with Crippen molar-refractivity contribution in [2.75, 3.05) is 13.3 Å². The van der Waals surface area contributed by atoms with E-state index in [-0.39, 0.29) is 6.73 Å². The molecule has 4 nitrogen and oxygen atoms in total. The van der Waals surface area contributed by atoms with Gasteiger partial charge < -0.3 is 4.74 Å². The lowest BCUT2D eigenvalue weighted by atomic mass is 10.1. The van der Waals surface area contributed by atoms with Crippen molar-refractivity contribution in [2.24, 2.45) is 0 Å². The van der Waals surface area contributed by atoms with Gasteiger partial charge in [0.1, 0.15) is 6.73 Å². The van der Waals surface area contributed by atoms with E-state index in [0.29, 0.717) is 11.5 Å². The predicted octanol–water partition coefficient (Wildman–Crippen LogP) is 2.01. The van der Waals surface area contributed by atoms with Gasteiger partial charge >= 0.3 is 0 Å². The van der Waals surface area contributed by atoms with E-state index in [2.05, 4.69) is 0 Å². The molecule has 0 amide bonds. The van der Waals surface area contributed by atoms with Crippen molar-refractivity contribution in [1.82, 2.24) is 4.31 Å². The summed E-state index contributed by atoms with van der Waals surface area (Å²) in [4.78, 5) is 0.332. The van der Waals surface area contributed by atoms with Crippen molar-refractivity contribution in [3.8, 4) is 0 Å². The summed E-state index contributed by atoms with van der Waals surface area (Å²) in [6, 6.07) is 7.05. The Morgan fingerprint density at radius 1 is 1.28 bits per heavy atom. The van der Waals surface area contributed by atoms with E-state index in [4.69, 9.17) is 4.74 Å². The Balaban J connectivity index is 2.36. The zero-order valence-electron chi connectivity index (χ0n) is 11.0. The summed E-state index contributed by atoms with van der Waals surface area (Å²) in [7, 11) is -3.46. The number of ether oxygens (including phenoxy) is 1. The maximum absolute atomic E-state index is 12.5. The first kappa shape index (κ1) is 13.5. The number of nitrogens with zero attached hydrogens (tertiary/aromatic N) is 1. The van der Waals surface area contributed by atoms with E-state index in [9.17, 15) is 8.42 Å². The van der Waals surface area contributed by atoms with E-state index in [1.165, 1.54) is 4.31 Å². The van der Waals surface area contributed by atoms with Crippen molar-refractivity contribution in [1.29, 1.82) is 0 Å². The van der Waals surface area contributed by atoms with Crippen LogP contribution in [-0.4, -0.2) is 31.6 Å². The monoisotopic (exact) mass is 269 g/mol. The Labute approximate surface area is 109 Å². The summed E-state index contributed by atoms with van der Waals surface area (Å²) < 4.78 is 31.7. The van der Waals surface area contributed by atoms with Crippen LogP contribution < -0.4 is 0 Å². The maximum atomic E-state index is 12.5. The summed E-state index contributed by atoms with van der Waals surface area (Å²) in [6.45, 7) is 6.35. The van der Waals surface area contributed by atoms with Gasteiger partial charge in [0.05, 0.1) is 17.0 Å². The highest BCUT2D eigenvalue weighted by Crippen LogP contribution is 2.29. The van der Waals surface area contributed by atoms with Gasteiger partial charge in [0.2, 0.25) is 10.0 Å². The summed E-state index contributed by atoms with van der Waals surface area (Å²) in [6.07, 6.45) is 0.901. The second kappa shape index (κ2) is 4.64. The minimum atomic E-state index is -3.46. The van der Waals surface area contributed by atoms with E-state index in [1.54, 1.807) is 12.1 Å². The van der Waals surface area contributed by atoms with Crippen LogP contribution in [0.4, 0.5) is 0 Å². The molecular formula is C13H19NO3S. The molecule has 0 atom stereocenters. The highest BCUT2D eigenvalue weighted by Gasteiger charge is 2.41. The van der Waals surface area contributed by atoms with Crippen molar-refractivity contribution in [3.63, 3.8) is 0 Å². The number of hydrogen-bond acceptors (Lipinski definition) is 3. The standard InChI is InChI=1S/C13H19NO3S/c1-4-11-5-7-12(8-6-11)18(15,16)14-10-17-9-13(14,2)3/h5-8H,4,9-10H2,1-3H3. The van der Waals surface area contributed by atoms with Crippen LogP contribution in [0.25, 0.3) is 0 Å². The molecular weight excluding hydrogens is 250 g/mol. The number of benzene rings is 1. The van der Waals surface area contributed by atoms with Crippen molar-refractivity contribution < 1.29 is 13.2 Å². The molecule has 0 bridgehead atoms. The van der Waals surface area contributed by atoms with Crippen LogP contribution in [0.5, 0.6) is 0 Å². The van der Waals surface area contributed by atoms with Crippen LogP contribution in [0.15, 0.2) is 29.2 Å². The van der Waals surface area contributed by atoms with E-state index < -0.39 is 15.6 Å². The normalized spacial score (nSPS) is 20.2. The first-order chi connectivity index (χ1) is 8.38. The average molecular weight is 269 g/mol. The van der Waals surface area contributed by atoms with Crippen LogP contribution in [0, 0.1) is 0 Å². The van der Waals surface area contributed by atoms with Gasteiger partial charge in [-0.3, -0.25) is 0 Å². The fourth-order valence-corrected chi connectivity index (χ4v) is 3.70. The smallest absolute Gasteiger partial charge is 0.245 e. The highest BCUT2D eigenvalue weighted by molar-refractivity contribution is 7.89. The molecule has 2 rings (SSSR count). The van der Waals surface area contributed by atoms with Crippen LogP contribution in [0.1, 0.15) is 26.3 Å². The fraction of sp³-hybridized carbons (Fsp3) is 0.538. The summed E-state index contributed by atoms with van der Waals surface area (Å²) in [5.74, 6) is 0. The summed E-state index contributed by atoms with van der Waals surface area (Å²) >= 11 is 0. The van der Waals surface area contributed by atoms with Gasteiger partial charge in [-0.05, 0) is 38.0 Å². The topological polar surface area (TPSA) is 46.6 Å². The minimum absolute atomic E-state index is 0.130. The molecule has 1 aliphatic heterocycles. The lowest BCUT2D eigenvalue weighted by molar-refractivity contribution is 0.171. The molecule has 0 spiro atoms. The van der Waals surface area contributed by atoms with Crippen molar-refractivity contribution in [2.45, 2.75) is 37.6 Å². The third-order valence-corrected chi connectivity index (χ3v) is 5.31. The van der Waals surface area contributed by atoms with Crippen LogP contribution in [0.2, 0.25) is 0 Å². The molecule has 0 N–H and O–H groups in total. The third-order valence-electron chi connectivity index (χ3n) is 3.26. The predicted molar refractivity (Wildman–Crippen MR) is 69.7 cm³/mol. The van der Waals surface area contributed by atoms with Crippen molar-refractivity contribution >= 4 is 10.0 Å². The van der Waals surface area contributed by atoms with Crippen LogP contribution >= 0.6 is 0 Å². The largest absolute Gasteiger partial charge is 0.363 e. The lowest BCUT2D eigenvalue weighted by Crippen LogP contribution is -2.44. The second-order valence-corrected chi connectivity index (χ2v) is 7.00. The summed E-state index contributed by atoms with van der Waals surface area (Å²) in [5.41, 5.74) is 0.647.